The first-order chi connectivity index (χ1) is 9.03. The van der Waals surface area contributed by atoms with E-state index in [1.807, 2.05) is 14.1 Å². The summed E-state index contributed by atoms with van der Waals surface area (Å²) >= 11 is 4.18. The van der Waals surface area contributed by atoms with Crippen LogP contribution in [-0.2, 0) is 4.79 Å². The lowest BCUT2D eigenvalue weighted by atomic mass is 9.79. The van der Waals surface area contributed by atoms with Crippen LogP contribution in [0, 0.1) is 5.41 Å². The van der Waals surface area contributed by atoms with Crippen LogP contribution in [0.5, 0.6) is 0 Å². The summed E-state index contributed by atoms with van der Waals surface area (Å²) in [5.41, 5.74) is -0.134. The predicted octanol–water partition coefficient (Wildman–Crippen LogP) is 2.03. The van der Waals surface area contributed by atoms with Crippen LogP contribution in [0.4, 0.5) is 0 Å². The maximum atomic E-state index is 12.3. The van der Waals surface area contributed by atoms with E-state index in [0.29, 0.717) is 5.91 Å². The molecule has 3 nitrogen and oxygen atoms in total. The highest BCUT2D eigenvalue weighted by molar-refractivity contribution is 8.03. The predicted molar refractivity (Wildman–Crippen MR) is 86.0 cm³/mol. The molecule has 0 atom stereocenters. The Hall–Kier alpha value is 0.130. The van der Waals surface area contributed by atoms with Gasteiger partial charge in [0.1, 0.15) is 0 Å². The molecule has 5 heteroatoms. The molecule has 110 valence electrons. The number of nitrogens with zero attached hydrogens (tertiary/aromatic N) is 2. The molecule has 0 unspecified atom stereocenters. The van der Waals surface area contributed by atoms with Crippen LogP contribution in [0.1, 0.15) is 19.8 Å². The van der Waals surface area contributed by atoms with Crippen LogP contribution in [-0.4, -0.2) is 71.9 Å². The minimum absolute atomic E-state index is 0.134. The van der Waals surface area contributed by atoms with Gasteiger partial charge in [0.15, 0.2) is 0 Å². The van der Waals surface area contributed by atoms with Gasteiger partial charge in [-0.25, -0.2) is 0 Å². The van der Waals surface area contributed by atoms with Gasteiger partial charge in [0.25, 0.3) is 0 Å². The molecule has 0 aromatic heterocycles. The van der Waals surface area contributed by atoms with E-state index in [4.69, 9.17) is 0 Å². The van der Waals surface area contributed by atoms with E-state index in [1.54, 1.807) is 4.90 Å². The highest BCUT2D eigenvalue weighted by Crippen LogP contribution is 2.34. The number of piperidine rings is 1. The molecule has 1 amide bonds. The Bertz CT molecular complexity index is 307. The van der Waals surface area contributed by atoms with Gasteiger partial charge in [-0.1, -0.05) is 6.92 Å². The van der Waals surface area contributed by atoms with Gasteiger partial charge in [-0.2, -0.15) is 23.5 Å². The van der Waals surface area contributed by atoms with Crippen molar-refractivity contribution in [3.8, 4) is 0 Å². The fourth-order valence-corrected chi connectivity index (χ4v) is 5.58. The molecule has 0 bridgehead atoms. The smallest absolute Gasteiger partial charge is 0.228 e. The van der Waals surface area contributed by atoms with Crippen molar-refractivity contribution in [3.05, 3.63) is 0 Å². The van der Waals surface area contributed by atoms with Crippen molar-refractivity contribution in [2.75, 3.05) is 50.2 Å². The number of likely N-dealkylation sites (tertiary alicyclic amines) is 1. The average molecular weight is 303 g/mol. The molecule has 0 spiro atoms. The fraction of sp³-hybridized carbons (Fsp3) is 0.929. The van der Waals surface area contributed by atoms with Crippen molar-refractivity contribution < 1.29 is 4.79 Å². The molecule has 2 aliphatic rings. The van der Waals surface area contributed by atoms with Gasteiger partial charge in [0, 0.05) is 48.6 Å². The van der Waals surface area contributed by atoms with Gasteiger partial charge in [-0.05, 0) is 25.9 Å². The van der Waals surface area contributed by atoms with E-state index in [0.717, 1.165) is 32.0 Å². The van der Waals surface area contributed by atoms with Crippen molar-refractivity contribution in [1.29, 1.82) is 0 Å². The van der Waals surface area contributed by atoms with Gasteiger partial charge in [-0.15, -0.1) is 0 Å². The van der Waals surface area contributed by atoms with Crippen molar-refractivity contribution in [2.45, 2.75) is 25.8 Å². The largest absolute Gasteiger partial charge is 0.348 e. The van der Waals surface area contributed by atoms with Gasteiger partial charge in [0.2, 0.25) is 5.91 Å². The lowest BCUT2D eigenvalue weighted by Crippen LogP contribution is -2.50. The van der Waals surface area contributed by atoms with Crippen molar-refractivity contribution in [1.82, 2.24) is 9.80 Å². The molecule has 2 rings (SSSR count). The van der Waals surface area contributed by atoms with Crippen molar-refractivity contribution in [3.63, 3.8) is 0 Å². The van der Waals surface area contributed by atoms with Crippen LogP contribution in [0.25, 0.3) is 0 Å². The van der Waals surface area contributed by atoms with E-state index >= 15 is 0 Å². The van der Waals surface area contributed by atoms with Crippen LogP contribution in [0.3, 0.4) is 0 Å². The Morgan fingerprint density at radius 3 is 2.16 bits per heavy atom. The lowest BCUT2D eigenvalue weighted by molar-refractivity contribution is -0.141. The highest BCUT2D eigenvalue weighted by Gasteiger charge is 2.39. The summed E-state index contributed by atoms with van der Waals surface area (Å²) in [6.45, 7) is 4.31. The average Bonchev–Trinajstić information content (AvgIpc) is 2.67. The third-order valence-corrected chi connectivity index (χ3v) is 6.82. The topological polar surface area (TPSA) is 23.6 Å². The number of hydrogen-bond donors (Lipinski definition) is 0. The van der Waals surface area contributed by atoms with Crippen molar-refractivity contribution >= 4 is 29.4 Å². The van der Waals surface area contributed by atoms with Gasteiger partial charge >= 0.3 is 0 Å². The molecule has 0 N–H and O–H groups in total. The second-order valence-electron chi connectivity index (χ2n) is 6.10. The highest BCUT2D eigenvalue weighted by atomic mass is 32.2. The zero-order valence-corrected chi connectivity index (χ0v) is 14.0. The van der Waals surface area contributed by atoms with E-state index < -0.39 is 0 Å². The zero-order chi connectivity index (χ0) is 13.9. The van der Waals surface area contributed by atoms with Gasteiger partial charge in [0.05, 0.1) is 0 Å². The quantitative estimate of drug-likeness (QED) is 0.779. The molecule has 2 fully saturated rings. The maximum Gasteiger partial charge on any atom is 0.228 e. The van der Waals surface area contributed by atoms with E-state index in [2.05, 4.69) is 35.3 Å². The molecule has 2 aliphatic heterocycles. The molecule has 19 heavy (non-hydrogen) atoms. The van der Waals surface area contributed by atoms with Gasteiger partial charge < -0.3 is 4.90 Å². The number of amides is 1. The Labute approximate surface area is 125 Å². The first-order valence-corrected chi connectivity index (χ1v) is 9.45. The van der Waals surface area contributed by atoms with Crippen LogP contribution >= 0.6 is 23.5 Å². The number of thioether (sulfide) groups is 2. The monoisotopic (exact) mass is 302 g/mol. The molecular formula is C14H26N2OS2. The van der Waals surface area contributed by atoms with E-state index in [-0.39, 0.29) is 5.41 Å². The summed E-state index contributed by atoms with van der Waals surface area (Å²) in [6, 6.07) is 0.719. The molecule has 0 aromatic rings. The third kappa shape index (κ3) is 3.82. The summed E-state index contributed by atoms with van der Waals surface area (Å²) in [5.74, 6) is 5.44. The Kier molecular flexibility index (Phi) is 5.49. The van der Waals surface area contributed by atoms with Gasteiger partial charge in [-0.3, -0.25) is 9.69 Å². The summed E-state index contributed by atoms with van der Waals surface area (Å²) < 4.78 is 0. The normalized spacial score (nSPS) is 25.8. The molecule has 2 heterocycles. The Morgan fingerprint density at radius 2 is 1.68 bits per heavy atom. The molecule has 0 aliphatic carbocycles. The molecule has 0 radical (unpaired) electrons. The summed E-state index contributed by atoms with van der Waals surface area (Å²) in [4.78, 5) is 16.6. The van der Waals surface area contributed by atoms with E-state index in [1.165, 1.54) is 23.0 Å². The zero-order valence-electron chi connectivity index (χ0n) is 12.4. The third-order valence-electron chi connectivity index (χ3n) is 4.33. The number of hydrogen-bond acceptors (Lipinski definition) is 4. The minimum Gasteiger partial charge on any atom is -0.348 e. The standard InChI is InChI=1S/C14H26N2OS2/c1-14(13(17)15(2)3)4-6-16(7-5-14)12-10-18-8-9-19-11-12/h12H,4-11H2,1-3H3. The number of carbonyl (C=O) groups excluding carboxylic acids is 1. The molecule has 0 aromatic carbocycles. The summed E-state index contributed by atoms with van der Waals surface area (Å²) in [6.07, 6.45) is 2.02. The summed E-state index contributed by atoms with van der Waals surface area (Å²) in [7, 11) is 3.75. The van der Waals surface area contributed by atoms with E-state index in [9.17, 15) is 4.79 Å². The second-order valence-corrected chi connectivity index (χ2v) is 8.40. The minimum atomic E-state index is -0.134. The molecular weight excluding hydrogens is 276 g/mol. The number of carbonyl (C=O) groups is 1. The summed E-state index contributed by atoms with van der Waals surface area (Å²) in [5, 5.41) is 0. The molecule has 0 saturated carbocycles. The van der Waals surface area contributed by atoms with Crippen molar-refractivity contribution in [2.24, 2.45) is 5.41 Å². The van der Waals surface area contributed by atoms with Crippen LogP contribution in [0.15, 0.2) is 0 Å². The first kappa shape index (κ1) is 15.5. The Morgan fingerprint density at radius 1 is 1.16 bits per heavy atom. The second kappa shape index (κ2) is 6.72. The van der Waals surface area contributed by atoms with Crippen LogP contribution in [0.2, 0.25) is 0 Å². The number of rotatable bonds is 2. The SMILES string of the molecule is CN(C)C(=O)C1(C)CCN(C2CSCCSC2)CC1. The lowest BCUT2D eigenvalue weighted by Gasteiger charge is -2.42. The first-order valence-electron chi connectivity index (χ1n) is 7.14. The van der Waals surface area contributed by atoms with Crippen LogP contribution < -0.4 is 0 Å². The maximum absolute atomic E-state index is 12.3. The Balaban J connectivity index is 1.89. The molecule has 2 saturated heterocycles. The fourth-order valence-electron chi connectivity index (χ4n) is 2.95.